The van der Waals surface area contributed by atoms with E-state index in [1.54, 1.807) is 0 Å². The monoisotopic (exact) mass is 161 g/mol. The largest absolute Gasteiger partial charge is 0.399 e. The van der Waals surface area contributed by atoms with Gasteiger partial charge in [0, 0.05) is 5.69 Å². The van der Waals surface area contributed by atoms with Crippen molar-refractivity contribution in [1.29, 1.82) is 0 Å². The van der Waals surface area contributed by atoms with Gasteiger partial charge in [0.15, 0.2) is 0 Å². The molecule has 64 valence electrons. The molecule has 0 aliphatic heterocycles. The second kappa shape index (κ2) is 3.96. The Balaban J connectivity index is 2.75. The highest BCUT2D eigenvalue weighted by molar-refractivity contribution is 5.47. The molecule has 0 heterocycles. The van der Waals surface area contributed by atoms with Crippen LogP contribution in [0.25, 0.3) is 0 Å². The first-order chi connectivity index (χ1) is 5.74. The lowest BCUT2D eigenvalue weighted by Crippen LogP contribution is -1.91. The summed E-state index contributed by atoms with van der Waals surface area (Å²) in [5.41, 5.74) is 9.07. The number of nitrogen functional groups attached to an aromatic ring is 1. The summed E-state index contributed by atoms with van der Waals surface area (Å²) in [4.78, 5) is 0. The van der Waals surface area contributed by atoms with Crippen molar-refractivity contribution in [3.8, 4) is 0 Å². The Morgan fingerprint density at radius 2 is 2.25 bits per heavy atom. The van der Waals surface area contributed by atoms with Crippen LogP contribution in [0.2, 0.25) is 0 Å². The third kappa shape index (κ3) is 2.12. The third-order valence-electron chi connectivity index (χ3n) is 1.97. The van der Waals surface area contributed by atoms with Crippen molar-refractivity contribution >= 4 is 5.69 Å². The standard InChI is InChI=1S/C11H15N/c1-3-4-5-10-6-7-11(12)9(2)8-10/h3,6-8H,1,4-5,12H2,2H3. The number of hydrogen-bond acceptors (Lipinski definition) is 1. The number of nitrogens with two attached hydrogens (primary N) is 1. The molecular formula is C11H15N. The van der Waals surface area contributed by atoms with Gasteiger partial charge in [0.25, 0.3) is 0 Å². The van der Waals surface area contributed by atoms with Crippen LogP contribution in [-0.4, -0.2) is 0 Å². The van der Waals surface area contributed by atoms with E-state index in [-0.39, 0.29) is 0 Å². The van der Waals surface area contributed by atoms with E-state index in [1.165, 1.54) is 5.56 Å². The van der Waals surface area contributed by atoms with Crippen LogP contribution < -0.4 is 5.73 Å². The zero-order chi connectivity index (χ0) is 8.97. The van der Waals surface area contributed by atoms with Crippen molar-refractivity contribution < 1.29 is 0 Å². The normalized spacial score (nSPS) is 9.75. The quantitative estimate of drug-likeness (QED) is 0.535. The fraction of sp³-hybridized carbons (Fsp3) is 0.273. The average molecular weight is 161 g/mol. The summed E-state index contributed by atoms with van der Waals surface area (Å²) in [5.74, 6) is 0. The van der Waals surface area contributed by atoms with Gasteiger partial charge < -0.3 is 5.73 Å². The Labute approximate surface area is 73.9 Å². The van der Waals surface area contributed by atoms with Gasteiger partial charge in [0.2, 0.25) is 0 Å². The Kier molecular flexibility index (Phi) is 2.92. The van der Waals surface area contributed by atoms with Crippen molar-refractivity contribution in [2.24, 2.45) is 0 Å². The summed E-state index contributed by atoms with van der Waals surface area (Å²) in [5, 5.41) is 0. The molecule has 12 heavy (non-hydrogen) atoms. The van der Waals surface area contributed by atoms with E-state index in [0.717, 1.165) is 24.1 Å². The number of rotatable bonds is 3. The van der Waals surface area contributed by atoms with Gasteiger partial charge in [-0.3, -0.25) is 0 Å². The van der Waals surface area contributed by atoms with Crippen molar-refractivity contribution in [1.82, 2.24) is 0 Å². The summed E-state index contributed by atoms with van der Waals surface area (Å²) in [7, 11) is 0. The van der Waals surface area contributed by atoms with Crippen LogP contribution >= 0.6 is 0 Å². The smallest absolute Gasteiger partial charge is 0.0343 e. The van der Waals surface area contributed by atoms with Crippen molar-refractivity contribution in [3.05, 3.63) is 42.0 Å². The summed E-state index contributed by atoms with van der Waals surface area (Å²) >= 11 is 0. The molecule has 1 nitrogen and oxygen atoms in total. The molecule has 0 atom stereocenters. The summed E-state index contributed by atoms with van der Waals surface area (Å²) in [6.45, 7) is 5.73. The Bertz CT molecular complexity index is 276. The fourth-order valence-corrected chi connectivity index (χ4v) is 1.16. The molecule has 1 heteroatoms. The van der Waals surface area contributed by atoms with E-state index < -0.39 is 0 Å². The van der Waals surface area contributed by atoms with E-state index in [2.05, 4.69) is 18.7 Å². The fourth-order valence-electron chi connectivity index (χ4n) is 1.16. The van der Waals surface area contributed by atoms with Crippen LogP contribution in [0.3, 0.4) is 0 Å². The highest BCUT2D eigenvalue weighted by Gasteiger charge is 1.95. The van der Waals surface area contributed by atoms with E-state index in [9.17, 15) is 0 Å². The molecule has 1 rings (SSSR count). The Morgan fingerprint density at radius 1 is 1.50 bits per heavy atom. The Hall–Kier alpha value is -1.24. The maximum absolute atomic E-state index is 5.70. The van der Waals surface area contributed by atoms with E-state index in [4.69, 9.17) is 5.73 Å². The van der Waals surface area contributed by atoms with Crippen molar-refractivity contribution in [3.63, 3.8) is 0 Å². The topological polar surface area (TPSA) is 26.0 Å². The highest BCUT2D eigenvalue weighted by atomic mass is 14.5. The first-order valence-electron chi connectivity index (χ1n) is 4.20. The highest BCUT2D eigenvalue weighted by Crippen LogP contribution is 2.13. The van der Waals surface area contributed by atoms with Gasteiger partial charge in [-0.25, -0.2) is 0 Å². The SMILES string of the molecule is C=CCCc1ccc(N)c(C)c1. The van der Waals surface area contributed by atoms with Crippen LogP contribution in [0.15, 0.2) is 30.9 Å². The number of hydrogen-bond donors (Lipinski definition) is 1. The maximum atomic E-state index is 5.70. The first-order valence-corrected chi connectivity index (χ1v) is 4.20. The van der Waals surface area contributed by atoms with Gasteiger partial charge >= 0.3 is 0 Å². The van der Waals surface area contributed by atoms with E-state index in [1.807, 2.05) is 19.1 Å². The molecule has 0 saturated heterocycles. The van der Waals surface area contributed by atoms with Gasteiger partial charge in [-0.1, -0.05) is 18.2 Å². The van der Waals surface area contributed by atoms with Crippen LogP contribution in [0.4, 0.5) is 5.69 Å². The van der Waals surface area contributed by atoms with Crippen LogP contribution in [0.1, 0.15) is 17.5 Å². The molecule has 0 bridgehead atoms. The summed E-state index contributed by atoms with van der Waals surface area (Å²) < 4.78 is 0. The molecule has 0 fully saturated rings. The first kappa shape index (κ1) is 8.85. The molecule has 0 aliphatic carbocycles. The van der Waals surface area contributed by atoms with Gasteiger partial charge in [0.05, 0.1) is 0 Å². The minimum Gasteiger partial charge on any atom is -0.399 e. The van der Waals surface area contributed by atoms with Crippen LogP contribution in [-0.2, 0) is 6.42 Å². The van der Waals surface area contributed by atoms with Gasteiger partial charge in [-0.15, -0.1) is 6.58 Å². The lowest BCUT2D eigenvalue weighted by atomic mass is 10.1. The molecule has 0 saturated carbocycles. The van der Waals surface area contributed by atoms with Crippen molar-refractivity contribution in [2.75, 3.05) is 5.73 Å². The van der Waals surface area contributed by atoms with Crippen LogP contribution in [0, 0.1) is 6.92 Å². The molecule has 0 radical (unpaired) electrons. The molecule has 0 aliphatic rings. The minimum atomic E-state index is 0.873. The van der Waals surface area contributed by atoms with Crippen LogP contribution in [0.5, 0.6) is 0 Å². The summed E-state index contributed by atoms with van der Waals surface area (Å²) in [6.07, 6.45) is 4.03. The minimum absolute atomic E-state index is 0.873. The number of allylic oxidation sites excluding steroid dienone is 1. The second-order valence-corrected chi connectivity index (χ2v) is 3.02. The van der Waals surface area contributed by atoms with Gasteiger partial charge in [0.1, 0.15) is 0 Å². The predicted octanol–water partition coefficient (Wildman–Crippen LogP) is 2.70. The maximum Gasteiger partial charge on any atom is 0.0343 e. The molecule has 0 amide bonds. The summed E-state index contributed by atoms with van der Waals surface area (Å²) in [6, 6.07) is 6.18. The lowest BCUT2D eigenvalue weighted by Gasteiger charge is -2.02. The Morgan fingerprint density at radius 3 is 2.83 bits per heavy atom. The predicted molar refractivity (Wildman–Crippen MR) is 54.1 cm³/mol. The molecule has 0 spiro atoms. The van der Waals surface area contributed by atoms with E-state index in [0.29, 0.717) is 0 Å². The van der Waals surface area contributed by atoms with Crippen molar-refractivity contribution in [2.45, 2.75) is 19.8 Å². The van der Waals surface area contributed by atoms with Gasteiger partial charge in [-0.2, -0.15) is 0 Å². The molecule has 0 unspecified atom stereocenters. The average Bonchev–Trinajstić information content (AvgIpc) is 2.07. The molecule has 1 aromatic carbocycles. The molecule has 2 N–H and O–H groups in total. The van der Waals surface area contributed by atoms with Gasteiger partial charge in [-0.05, 0) is 37.0 Å². The zero-order valence-corrected chi connectivity index (χ0v) is 7.51. The third-order valence-corrected chi connectivity index (χ3v) is 1.97. The number of aryl methyl sites for hydroxylation is 2. The molecule has 0 aromatic heterocycles. The number of benzene rings is 1. The zero-order valence-electron chi connectivity index (χ0n) is 7.51. The second-order valence-electron chi connectivity index (χ2n) is 3.02. The molecule has 1 aromatic rings. The lowest BCUT2D eigenvalue weighted by molar-refractivity contribution is 1.00. The van der Waals surface area contributed by atoms with E-state index >= 15 is 0 Å². The molecular weight excluding hydrogens is 146 g/mol. The number of anilines is 1.